The van der Waals surface area contributed by atoms with E-state index in [1.165, 1.54) is 4.57 Å². The van der Waals surface area contributed by atoms with Crippen LogP contribution in [-0.2, 0) is 11.3 Å². The molecule has 0 saturated carbocycles. The van der Waals surface area contributed by atoms with Gasteiger partial charge < -0.3 is 14.2 Å². The fourth-order valence-corrected chi connectivity index (χ4v) is 3.63. The summed E-state index contributed by atoms with van der Waals surface area (Å²) in [7, 11) is 0. The zero-order chi connectivity index (χ0) is 20.2. The fraction of sp³-hybridized carbons (Fsp3) is 0.409. The van der Waals surface area contributed by atoms with Crippen LogP contribution in [0.2, 0.25) is 0 Å². The average Bonchev–Trinajstić information content (AvgIpc) is 3.41. The summed E-state index contributed by atoms with van der Waals surface area (Å²) in [6, 6.07) is 9.48. The molecule has 2 aromatic heterocycles. The molecule has 1 fully saturated rings. The van der Waals surface area contributed by atoms with Crippen LogP contribution in [0.25, 0.3) is 16.8 Å². The lowest BCUT2D eigenvalue weighted by Gasteiger charge is -2.15. The second kappa shape index (κ2) is 8.51. The lowest BCUT2D eigenvalue weighted by molar-refractivity contribution is -0.130. The number of rotatable bonds is 7. The largest absolute Gasteiger partial charge is 0.493 e. The summed E-state index contributed by atoms with van der Waals surface area (Å²) in [5.41, 5.74) is 1.76. The minimum Gasteiger partial charge on any atom is -0.493 e. The molecule has 0 radical (unpaired) electrons. The molecule has 7 heteroatoms. The van der Waals surface area contributed by atoms with Gasteiger partial charge in [-0.3, -0.25) is 9.59 Å². The van der Waals surface area contributed by atoms with Crippen LogP contribution in [0.1, 0.15) is 32.6 Å². The summed E-state index contributed by atoms with van der Waals surface area (Å²) in [5, 5.41) is 4.56. The molecule has 152 valence electrons. The van der Waals surface area contributed by atoms with Crippen molar-refractivity contribution >= 4 is 11.4 Å². The van der Waals surface area contributed by atoms with Crippen molar-refractivity contribution in [3.63, 3.8) is 0 Å². The van der Waals surface area contributed by atoms with Gasteiger partial charge in [-0.15, -0.1) is 0 Å². The minimum atomic E-state index is -0.219. The van der Waals surface area contributed by atoms with Gasteiger partial charge in [-0.05, 0) is 37.5 Å². The van der Waals surface area contributed by atoms with E-state index in [1.807, 2.05) is 29.2 Å². The third kappa shape index (κ3) is 4.04. The standard InChI is InChI=1S/C22H26N4O3/c1-2-3-14-29-20-9-5-4-8-17(20)18-15-19-22(28)25(12-13-26(19)23-18)16-21(27)24-10-6-7-11-24/h4-5,8-9,12-13,15H,2-3,6-7,10-11,14,16H2,1H3. The van der Waals surface area contributed by atoms with Gasteiger partial charge in [-0.1, -0.05) is 25.5 Å². The van der Waals surface area contributed by atoms with Crippen LogP contribution >= 0.6 is 0 Å². The van der Waals surface area contributed by atoms with E-state index in [9.17, 15) is 9.59 Å². The van der Waals surface area contributed by atoms with Gasteiger partial charge in [0, 0.05) is 31.0 Å². The first kappa shape index (κ1) is 19.2. The van der Waals surface area contributed by atoms with E-state index in [1.54, 1.807) is 23.0 Å². The number of carbonyl (C=O) groups excluding carboxylic acids is 1. The van der Waals surface area contributed by atoms with Gasteiger partial charge in [0.2, 0.25) is 5.91 Å². The highest BCUT2D eigenvalue weighted by molar-refractivity contribution is 5.76. The summed E-state index contributed by atoms with van der Waals surface area (Å²) >= 11 is 0. The van der Waals surface area contributed by atoms with Crippen LogP contribution in [-0.4, -0.2) is 44.7 Å². The molecule has 4 rings (SSSR count). The number of fused-ring (bicyclic) bond motifs is 1. The highest BCUT2D eigenvalue weighted by Crippen LogP contribution is 2.29. The van der Waals surface area contributed by atoms with E-state index < -0.39 is 0 Å². The number of likely N-dealkylation sites (tertiary alicyclic amines) is 1. The van der Waals surface area contributed by atoms with Gasteiger partial charge in [0.25, 0.3) is 5.56 Å². The Hall–Kier alpha value is -3.09. The van der Waals surface area contributed by atoms with Crippen molar-refractivity contribution in [3.8, 4) is 17.0 Å². The minimum absolute atomic E-state index is 0.0108. The Bertz CT molecular complexity index is 1060. The first-order valence-corrected chi connectivity index (χ1v) is 10.3. The van der Waals surface area contributed by atoms with Crippen LogP contribution in [0.4, 0.5) is 0 Å². The maximum Gasteiger partial charge on any atom is 0.277 e. The highest BCUT2D eigenvalue weighted by Gasteiger charge is 2.19. The predicted molar refractivity (Wildman–Crippen MR) is 111 cm³/mol. The number of aromatic nitrogens is 3. The molecular weight excluding hydrogens is 368 g/mol. The normalized spacial score (nSPS) is 13.9. The second-order valence-electron chi connectivity index (χ2n) is 7.38. The van der Waals surface area contributed by atoms with Crippen LogP contribution < -0.4 is 10.3 Å². The van der Waals surface area contributed by atoms with E-state index in [4.69, 9.17) is 4.74 Å². The molecule has 0 spiro atoms. The third-order valence-corrected chi connectivity index (χ3v) is 5.29. The van der Waals surface area contributed by atoms with Gasteiger partial charge in [0.05, 0.1) is 12.3 Å². The van der Waals surface area contributed by atoms with E-state index >= 15 is 0 Å². The number of carbonyl (C=O) groups is 1. The van der Waals surface area contributed by atoms with Crippen molar-refractivity contribution in [3.05, 3.63) is 53.1 Å². The molecule has 3 aromatic rings. The molecule has 7 nitrogen and oxygen atoms in total. The first-order valence-electron chi connectivity index (χ1n) is 10.3. The maximum atomic E-state index is 12.9. The van der Waals surface area contributed by atoms with E-state index in [-0.39, 0.29) is 18.0 Å². The summed E-state index contributed by atoms with van der Waals surface area (Å²) in [5.74, 6) is 0.747. The lowest BCUT2D eigenvalue weighted by atomic mass is 10.1. The van der Waals surface area contributed by atoms with E-state index in [0.29, 0.717) is 17.8 Å². The summed E-state index contributed by atoms with van der Waals surface area (Å²) in [6.07, 6.45) is 7.46. The molecule has 0 bridgehead atoms. The molecule has 0 aliphatic carbocycles. The summed E-state index contributed by atoms with van der Waals surface area (Å²) in [6.45, 7) is 4.39. The van der Waals surface area contributed by atoms with Crippen molar-refractivity contribution in [1.82, 2.24) is 19.1 Å². The molecule has 1 aliphatic heterocycles. The van der Waals surface area contributed by atoms with E-state index in [0.717, 1.165) is 50.1 Å². The Labute approximate surface area is 169 Å². The lowest BCUT2D eigenvalue weighted by Crippen LogP contribution is -2.34. The number of ether oxygens (including phenoxy) is 1. The smallest absolute Gasteiger partial charge is 0.277 e. The van der Waals surface area contributed by atoms with Crippen molar-refractivity contribution in [1.29, 1.82) is 0 Å². The fourth-order valence-electron chi connectivity index (χ4n) is 3.63. The van der Waals surface area contributed by atoms with Gasteiger partial charge in [0.15, 0.2) is 0 Å². The van der Waals surface area contributed by atoms with Gasteiger partial charge in [-0.2, -0.15) is 5.10 Å². The van der Waals surface area contributed by atoms with Gasteiger partial charge in [0.1, 0.15) is 17.8 Å². The number of hydrogen-bond donors (Lipinski definition) is 0. The molecule has 29 heavy (non-hydrogen) atoms. The Morgan fingerprint density at radius 2 is 1.97 bits per heavy atom. The maximum absolute atomic E-state index is 12.9. The molecule has 0 unspecified atom stereocenters. The highest BCUT2D eigenvalue weighted by atomic mass is 16.5. The number of hydrogen-bond acceptors (Lipinski definition) is 4. The molecule has 1 amide bonds. The van der Waals surface area contributed by atoms with Crippen LogP contribution in [0, 0.1) is 0 Å². The Balaban J connectivity index is 1.63. The number of para-hydroxylation sites is 1. The van der Waals surface area contributed by atoms with Crippen molar-refractivity contribution in [2.24, 2.45) is 0 Å². The Morgan fingerprint density at radius 3 is 2.76 bits per heavy atom. The topological polar surface area (TPSA) is 68.8 Å². The summed E-state index contributed by atoms with van der Waals surface area (Å²) < 4.78 is 8.94. The average molecular weight is 394 g/mol. The monoisotopic (exact) mass is 394 g/mol. The number of nitrogens with zero attached hydrogens (tertiary/aromatic N) is 4. The third-order valence-electron chi connectivity index (χ3n) is 5.29. The molecule has 0 N–H and O–H groups in total. The first-order chi connectivity index (χ1) is 14.2. The second-order valence-corrected chi connectivity index (χ2v) is 7.38. The molecule has 1 aliphatic rings. The molecule has 3 heterocycles. The SMILES string of the molecule is CCCCOc1ccccc1-c1cc2c(=O)n(CC(=O)N3CCCC3)ccn2n1. The van der Waals surface area contributed by atoms with Crippen LogP contribution in [0.5, 0.6) is 5.75 Å². The predicted octanol–water partition coefficient (Wildman–Crippen LogP) is 2.96. The Kier molecular flexibility index (Phi) is 5.64. The van der Waals surface area contributed by atoms with Crippen molar-refractivity contribution < 1.29 is 9.53 Å². The number of unbranched alkanes of at least 4 members (excludes halogenated alkanes) is 1. The molecule has 0 atom stereocenters. The van der Waals surface area contributed by atoms with Crippen molar-refractivity contribution in [2.45, 2.75) is 39.2 Å². The quantitative estimate of drug-likeness (QED) is 0.578. The van der Waals surface area contributed by atoms with Crippen molar-refractivity contribution in [2.75, 3.05) is 19.7 Å². The zero-order valence-electron chi connectivity index (χ0n) is 16.7. The van der Waals surface area contributed by atoms with Crippen LogP contribution in [0.15, 0.2) is 47.5 Å². The number of amides is 1. The van der Waals surface area contributed by atoms with Gasteiger partial charge >= 0.3 is 0 Å². The number of benzene rings is 1. The molecule has 1 aromatic carbocycles. The van der Waals surface area contributed by atoms with Crippen LogP contribution in [0.3, 0.4) is 0 Å². The van der Waals surface area contributed by atoms with Gasteiger partial charge in [-0.25, -0.2) is 4.52 Å². The summed E-state index contributed by atoms with van der Waals surface area (Å²) in [4.78, 5) is 27.2. The molecule has 1 saturated heterocycles. The molecular formula is C22H26N4O3. The zero-order valence-corrected chi connectivity index (χ0v) is 16.7. The Morgan fingerprint density at radius 1 is 1.17 bits per heavy atom. The van der Waals surface area contributed by atoms with E-state index in [2.05, 4.69) is 12.0 Å².